The molecular weight excluding hydrogens is 401 g/mol. The summed E-state index contributed by atoms with van der Waals surface area (Å²) in [6.07, 6.45) is 1.76. The van der Waals surface area contributed by atoms with Gasteiger partial charge in [-0.1, -0.05) is 49.1 Å². The summed E-state index contributed by atoms with van der Waals surface area (Å²) in [6, 6.07) is 17.2. The van der Waals surface area contributed by atoms with Gasteiger partial charge in [0, 0.05) is 11.2 Å². The predicted octanol–water partition coefficient (Wildman–Crippen LogP) is 5.97. The quantitative estimate of drug-likeness (QED) is 0.278. The molecule has 7 heteroatoms. The van der Waals surface area contributed by atoms with Crippen LogP contribution in [0, 0.1) is 0 Å². The van der Waals surface area contributed by atoms with Crippen LogP contribution in [-0.2, 0) is 22.0 Å². The maximum Gasteiger partial charge on any atom is 0.348 e. The number of benzene rings is 2. The second kappa shape index (κ2) is 8.85. The van der Waals surface area contributed by atoms with E-state index in [0.717, 1.165) is 21.2 Å². The van der Waals surface area contributed by atoms with Gasteiger partial charge < -0.3 is 4.74 Å². The van der Waals surface area contributed by atoms with Gasteiger partial charge >= 0.3 is 5.97 Å². The number of ether oxygens (including phenoxy) is 1. The van der Waals surface area contributed by atoms with Crippen molar-refractivity contribution in [1.82, 2.24) is 5.09 Å². The second-order valence-corrected chi connectivity index (χ2v) is 10.7. The molecule has 0 saturated carbocycles. The van der Waals surface area contributed by atoms with Crippen molar-refractivity contribution in [2.75, 3.05) is 6.61 Å². The van der Waals surface area contributed by atoms with E-state index >= 15 is 0 Å². The Morgan fingerprint density at radius 1 is 1.19 bits per heavy atom. The lowest BCUT2D eigenvalue weighted by molar-refractivity contribution is 0.0555. The van der Waals surface area contributed by atoms with Crippen LogP contribution in [0.15, 0.2) is 67.3 Å². The van der Waals surface area contributed by atoms with E-state index in [4.69, 9.17) is 16.0 Å². The van der Waals surface area contributed by atoms with E-state index in [-0.39, 0.29) is 18.7 Å². The first-order valence-corrected chi connectivity index (χ1v) is 12.0. The first-order chi connectivity index (χ1) is 13.0. The number of hydrogen-bond acceptors (Lipinski definition) is 4. The number of esters is 1. The third kappa shape index (κ3) is 5.53. The Balaban J connectivity index is 1.69. The summed E-state index contributed by atoms with van der Waals surface area (Å²) in [5.74, 6) is -0.370. The van der Waals surface area contributed by atoms with Gasteiger partial charge in [0.15, 0.2) is 0 Å². The fourth-order valence-electron chi connectivity index (χ4n) is 2.59. The van der Waals surface area contributed by atoms with Crippen molar-refractivity contribution in [3.05, 3.63) is 83.3 Å². The molecule has 3 aromatic rings. The van der Waals surface area contributed by atoms with Gasteiger partial charge in [-0.15, -0.1) is 11.3 Å². The summed E-state index contributed by atoms with van der Waals surface area (Å²) >= 11 is 7.61. The lowest BCUT2D eigenvalue weighted by atomic mass is 10.2. The lowest BCUT2D eigenvalue weighted by Crippen LogP contribution is -2.08. The molecule has 4 nitrogen and oxygen atoms in total. The van der Waals surface area contributed by atoms with Gasteiger partial charge in [0.2, 0.25) is 6.65 Å². The molecule has 1 heterocycles. The number of carbonyl (C=O) groups excluding carboxylic acids is 1. The molecule has 0 aliphatic rings. The molecule has 3 rings (SSSR count). The first-order valence-electron chi connectivity index (χ1n) is 8.35. The van der Waals surface area contributed by atoms with Gasteiger partial charge in [-0.2, -0.15) is 0 Å². The molecule has 0 bridgehead atoms. The zero-order valence-electron chi connectivity index (χ0n) is 14.6. The van der Waals surface area contributed by atoms with E-state index in [1.165, 1.54) is 17.4 Å². The topological polar surface area (TPSA) is 55.4 Å². The largest absolute Gasteiger partial charge is 0.457 e. The van der Waals surface area contributed by atoms with E-state index in [1.54, 1.807) is 6.07 Å². The molecule has 0 aliphatic heterocycles. The molecule has 27 heavy (non-hydrogen) atoms. The highest BCUT2D eigenvalue weighted by molar-refractivity contribution is 7.86. The van der Waals surface area contributed by atoms with Crippen LogP contribution in [-0.4, -0.2) is 12.6 Å². The molecule has 1 atom stereocenters. The summed E-state index contributed by atoms with van der Waals surface area (Å²) in [4.78, 5) is 12.5. The number of fused-ring (bicyclic) bond motifs is 1. The van der Waals surface area contributed by atoms with Gasteiger partial charge in [-0.25, -0.2) is 4.79 Å². The SMILES string of the molecule is C=CCOC(=O)c1cc2cc(CP(=O)(Cl)NCc3ccccc3)ccc2s1. The smallest absolute Gasteiger partial charge is 0.348 e. The molecule has 0 spiro atoms. The number of carbonyl (C=O) groups is 1. The monoisotopic (exact) mass is 419 g/mol. The van der Waals surface area contributed by atoms with Crippen molar-refractivity contribution < 1.29 is 14.1 Å². The number of halogens is 1. The summed E-state index contributed by atoms with van der Waals surface area (Å²) in [5, 5.41) is 3.86. The lowest BCUT2D eigenvalue weighted by Gasteiger charge is -2.13. The Morgan fingerprint density at radius 3 is 2.70 bits per heavy atom. The van der Waals surface area contributed by atoms with Gasteiger partial charge in [-0.3, -0.25) is 9.65 Å². The number of thiophene rings is 1. The Bertz CT molecular complexity index is 1000. The molecule has 0 amide bonds. The van der Waals surface area contributed by atoms with Crippen molar-refractivity contribution in [2.45, 2.75) is 12.7 Å². The molecular formula is C20H19ClNO3PS. The van der Waals surface area contributed by atoms with Gasteiger partial charge in [-0.05, 0) is 46.0 Å². The van der Waals surface area contributed by atoms with Crippen LogP contribution in [0.1, 0.15) is 20.8 Å². The van der Waals surface area contributed by atoms with Crippen LogP contribution in [0.5, 0.6) is 0 Å². The second-order valence-electron chi connectivity index (χ2n) is 6.00. The normalized spacial score (nSPS) is 13.2. The fourth-order valence-corrected chi connectivity index (χ4v) is 5.32. The average molecular weight is 420 g/mol. The first kappa shape index (κ1) is 19.8. The van der Waals surface area contributed by atoms with Crippen LogP contribution in [0.3, 0.4) is 0 Å². The standard InChI is InChI=1S/C20H19ClNO3PS/c1-2-10-25-20(23)19-12-17-11-16(8-9-18(17)27-19)14-26(21,24)22-13-15-6-4-3-5-7-15/h2-9,11-12H,1,10,13-14H2,(H,22,24). The van der Waals surface area contributed by atoms with Crippen molar-refractivity contribution in [1.29, 1.82) is 0 Å². The Kier molecular flexibility index (Phi) is 6.51. The molecule has 0 fully saturated rings. The highest BCUT2D eigenvalue weighted by Gasteiger charge is 2.19. The molecule has 0 saturated heterocycles. The van der Waals surface area contributed by atoms with E-state index in [1.807, 2.05) is 48.5 Å². The third-order valence-corrected chi connectivity index (χ3v) is 7.08. The highest BCUT2D eigenvalue weighted by atomic mass is 35.7. The maximum absolute atomic E-state index is 12.7. The third-order valence-electron chi connectivity index (χ3n) is 3.86. The summed E-state index contributed by atoms with van der Waals surface area (Å²) in [5.41, 5.74) is 1.87. The fraction of sp³-hybridized carbons (Fsp3) is 0.150. The van der Waals surface area contributed by atoms with Crippen LogP contribution in [0.2, 0.25) is 0 Å². The minimum absolute atomic E-state index is 0.181. The van der Waals surface area contributed by atoms with Gasteiger partial charge in [0.05, 0.1) is 6.16 Å². The molecule has 1 unspecified atom stereocenters. The summed E-state index contributed by atoms with van der Waals surface area (Å²) < 4.78 is 18.7. The minimum atomic E-state index is -3.06. The molecule has 1 aromatic heterocycles. The molecule has 2 aromatic carbocycles. The van der Waals surface area contributed by atoms with Crippen molar-refractivity contribution in [3.8, 4) is 0 Å². The maximum atomic E-state index is 12.7. The van der Waals surface area contributed by atoms with Gasteiger partial charge in [0.1, 0.15) is 11.5 Å². The molecule has 0 aliphatic carbocycles. The predicted molar refractivity (Wildman–Crippen MR) is 113 cm³/mol. The Morgan fingerprint density at radius 2 is 1.96 bits per heavy atom. The van der Waals surface area contributed by atoms with Gasteiger partial charge in [0.25, 0.3) is 0 Å². The van der Waals surface area contributed by atoms with Crippen LogP contribution >= 0.6 is 29.2 Å². The van der Waals surface area contributed by atoms with E-state index in [9.17, 15) is 9.36 Å². The minimum Gasteiger partial charge on any atom is -0.457 e. The van der Waals surface area contributed by atoms with E-state index in [0.29, 0.717) is 11.4 Å². The van der Waals surface area contributed by atoms with E-state index < -0.39 is 6.65 Å². The highest BCUT2D eigenvalue weighted by Crippen LogP contribution is 2.50. The van der Waals surface area contributed by atoms with Crippen molar-refractivity contribution in [3.63, 3.8) is 0 Å². The van der Waals surface area contributed by atoms with E-state index in [2.05, 4.69) is 11.7 Å². The summed E-state index contributed by atoms with van der Waals surface area (Å²) in [6.45, 7) is 1.10. The number of nitrogens with one attached hydrogen (secondary N) is 1. The molecule has 140 valence electrons. The Hall–Kier alpha value is -1.91. The molecule has 0 radical (unpaired) electrons. The zero-order chi connectivity index (χ0) is 19.3. The van der Waals surface area contributed by atoms with Crippen LogP contribution < -0.4 is 5.09 Å². The summed E-state index contributed by atoms with van der Waals surface area (Å²) in [7, 11) is 0. The van der Waals surface area contributed by atoms with Crippen LogP contribution in [0.4, 0.5) is 0 Å². The number of rotatable bonds is 8. The Labute approximate surface area is 167 Å². The zero-order valence-corrected chi connectivity index (χ0v) is 17.0. The van der Waals surface area contributed by atoms with Crippen molar-refractivity contribution in [2.24, 2.45) is 0 Å². The molecule has 1 N–H and O–H groups in total. The van der Waals surface area contributed by atoms with Crippen molar-refractivity contribution >= 4 is 45.3 Å². The average Bonchev–Trinajstić information content (AvgIpc) is 3.08. The van der Waals surface area contributed by atoms with Crippen LogP contribution in [0.25, 0.3) is 10.1 Å². The number of hydrogen-bond donors (Lipinski definition) is 1.